The van der Waals surface area contributed by atoms with Crippen molar-refractivity contribution in [2.45, 2.75) is 38.7 Å². The Morgan fingerprint density at radius 2 is 1.84 bits per heavy atom. The first-order chi connectivity index (χ1) is 14.7. The van der Waals surface area contributed by atoms with Crippen LogP contribution in [0, 0.1) is 0 Å². The highest BCUT2D eigenvalue weighted by Crippen LogP contribution is 2.49. The Bertz CT molecular complexity index is 940. The van der Waals surface area contributed by atoms with Gasteiger partial charge >= 0.3 is 0 Å². The molecule has 0 saturated heterocycles. The van der Waals surface area contributed by atoms with Crippen molar-refractivity contribution < 1.29 is 28.5 Å². The van der Waals surface area contributed by atoms with Crippen LogP contribution >= 0.6 is 0 Å². The van der Waals surface area contributed by atoms with Gasteiger partial charge in [0.05, 0.1) is 31.0 Å². The molecule has 0 aromatic heterocycles. The number of fused-ring (bicyclic) bond motifs is 3. The molecule has 0 spiro atoms. The zero-order valence-corrected chi connectivity index (χ0v) is 20.0. The van der Waals surface area contributed by atoms with Gasteiger partial charge in [-0.2, -0.15) is 0 Å². The topological polar surface area (TPSA) is 75.2 Å². The highest BCUT2D eigenvalue weighted by Gasteiger charge is 2.29. The number of ether oxygens (including phenoxy) is 5. The van der Waals surface area contributed by atoms with Crippen LogP contribution in [0.15, 0.2) is 30.3 Å². The van der Waals surface area contributed by atoms with Gasteiger partial charge in [-0.25, -0.2) is 0 Å². The molecule has 0 fully saturated rings. The summed E-state index contributed by atoms with van der Waals surface area (Å²) in [4.78, 5) is 12.6. The third kappa shape index (κ3) is 5.51. The van der Waals surface area contributed by atoms with Crippen LogP contribution in [-0.4, -0.2) is 47.7 Å². The molecule has 168 valence electrons. The molecule has 0 bridgehead atoms. The SMILES string of the molecule is COc1cc2c(c(OC)c1)-c1c(OCOCC[Si](C)(C)C)cccc1O[C@@H](C)C(=O)N2. The number of methoxy groups -OCH3 is 2. The highest BCUT2D eigenvalue weighted by atomic mass is 28.3. The van der Waals surface area contributed by atoms with Gasteiger partial charge < -0.3 is 29.0 Å². The molecule has 2 aromatic rings. The van der Waals surface area contributed by atoms with Crippen molar-refractivity contribution in [3.63, 3.8) is 0 Å². The van der Waals surface area contributed by atoms with E-state index < -0.39 is 14.2 Å². The number of carbonyl (C=O) groups excluding carboxylic acids is 1. The normalized spacial score (nSPS) is 15.5. The molecule has 1 heterocycles. The Balaban J connectivity index is 2.01. The number of amides is 1. The Labute approximate surface area is 184 Å². The Morgan fingerprint density at radius 1 is 1.06 bits per heavy atom. The minimum Gasteiger partial charge on any atom is -0.497 e. The summed E-state index contributed by atoms with van der Waals surface area (Å²) in [6.07, 6.45) is -0.688. The number of hydrogen-bond acceptors (Lipinski definition) is 6. The average Bonchev–Trinajstić information content (AvgIpc) is 2.71. The molecule has 1 aliphatic heterocycles. The van der Waals surface area contributed by atoms with E-state index in [2.05, 4.69) is 25.0 Å². The Morgan fingerprint density at radius 3 is 2.52 bits per heavy atom. The predicted molar refractivity (Wildman–Crippen MR) is 123 cm³/mol. The summed E-state index contributed by atoms with van der Waals surface area (Å²) in [6.45, 7) is 9.40. The molecule has 7 nitrogen and oxygen atoms in total. The maximum absolute atomic E-state index is 12.6. The van der Waals surface area contributed by atoms with Crippen molar-refractivity contribution in [1.29, 1.82) is 0 Å². The lowest BCUT2D eigenvalue weighted by molar-refractivity contribution is -0.122. The van der Waals surface area contributed by atoms with Crippen molar-refractivity contribution in [1.82, 2.24) is 0 Å². The van der Waals surface area contributed by atoms with Crippen LogP contribution in [0.3, 0.4) is 0 Å². The number of hydrogen-bond donors (Lipinski definition) is 1. The molecule has 0 aliphatic carbocycles. The standard InChI is InChI=1S/C23H31NO6Si/c1-15-23(25)24-17-12-16(26-2)13-20(27-3)21(17)22-18(8-7-9-19(22)30-15)29-14-28-10-11-31(4,5)6/h7-9,12-13,15H,10-11,14H2,1-6H3,(H,24,25)/t15-/m0/s1. The molecule has 1 N–H and O–H groups in total. The monoisotopic (exact) mass is 445 g/mol. The van der Waals surface area contributed by atoms with Gasteiger partial charge in [0.2, 0.25) is 0 Å². The summed E-state index contributed by atoms with van der Waals surface area (Å²) >= 11 is 0. The fourth-order valence-corrected chi connectivity index (χ4v) is 3.98. The average molecular weight is 446 g/mol. The lowest BCUT2D eigenvalue weighted by atomic mass is 9.98. The van der Waals surface area contributed by atoms with Crippen LogP contribution in [-0.2, 0) is 9.53 Å². The maximum atomic E-state index is 12.6. The van der Waals surface area contributed by atoms with E-state index in [0.29, 0.717) is 46.4 Å². The number of carbonyl (C=O) groups is 1. The predicted octanol–water partition coefficient (Wildman–Crippen LogP) is 4.78. The van der Waals surface area contributed by atoms with E-state index in [9.17, 15) is 4.79 Å². The van der Waals surface area contributed by atoms with Gasteiger partial charge in [0.1, 0.15) is 23.0 Å². The van der Waals surface area contributed by atoms with E-state index in [4.69, 9.17) is 23.7 Å². The van der Waals surface area contributed by atoms with Gasteiger partial charge in [-0.3, -0.25) is 4.79 Å². The van der Waals surface area contributed by atoms with Gasteiger partial charge in [0, 0.05) is 26.8 Å². The number of nitrogens with one attached hydrogen (secondary N) is 1. The summed E-state index contributed by atoms with van der Waals surface area (Å²) in [5.41, 5.74) is 1.92. The minimum absolute atomic E-state index is 0.122. The molecular weight excluding hydrogens is 414 g/mol. The minimum atomic E-state index is -1.17. The Hall–Kier alpha value is -2.71. The van der Waals surface area contributed by atoms with Gasteiger partial charge in [0.15, 0.2) is 12.9 Å². The zero-order chi connectivity index (χ0) is 22.6. The number of rotatable bonds is 8. The Kier molecular flexibility index (Phi) is 7.12. The summed E-state index contributed by atoms with van der Waals surface area (Å²) in [5, 5.41) is 2.92. The molecule has 3 rings (SSSR count). The van der Waals surface area contributed by atoms with Crippen molar-refractivity contribution >= 4 is 19.7 Å². The second kappa shape index (κ2) is 9.61. The zero-order valence-electron chi connectivity index (χ0n) is 19.0. The maximum Gasteiger partial charge on any atom is 0.265 e. The largest absolute Gasteiger partial charge is 0.497 e. The summed E-state index contributed by atoms with van der Waals surface area (Å²) in [7, 11) is 1.96. The first-order valence-corrected chi connectivity index (χ1v) is 14.0. The van der Waals surface area contributed by atoms with Crippen molar-refractivity contribution in [2.75, 3.05) is 32.9 Å². The fraction of sp³-hybridized carbons (Fsp3) is 0.435. The van der Waals surface area contributed by atoms with Gasteiger partial charge in [-0.05, 0) is 25.1 Å². The number of benzene rings is 2. The summed E-state index contributed by atoms with van der Waals surface area (Å²) < 4.78 is 28.7. The molecule has 2 aromatic carbocycles. The first kappa shape index (κ1) is 23.0. The molecule has 1 aliphatic rings. The molecule has 31 heavy (non-hydrogen) atoms. The van der Waals surface area contributed by atoms with E-state index in [1.165, 1.54) is 0 Å². The van der Waals surface area contributed by atoms with Crippen LogP contribution in [0.4, 0.5) is 5.69 Å². The van der Waals surface area contributed by atoms with E-state index in [1.54, 1.807) is 33.3 Å². The van der Waals surface area contributed by atoms with Gasteiger partial charge in [-0.1, -0.05) is 25.7 Å². The molecule has 1 amide bonds. The van der Waals surface area contributed by atoms with Crippen molar-refractivity contribution in [3.8, 4) is 34.1 Å². The smallest absolute Gasteiger partial charge is 0.265 e. The lowest BCUT2D eigenvalue weighted by Crippen LogP contribution is -2.31. The van der Waals surface area contributed by atoms with E-state index >= 15 is 0 Å². The van der Waals surface area contributed by atoms with Crippen molar-refractivity contribution in [2.24, 2.45) is 0 Å². The highest BCUT2D eigenvalue weighted by molar-refractivity contribution is 6.76. The van der Waals surface area contributed by atoms with Gasteiger partial charge in [-0.15, -0.1) is 0 Å². The van der Waals surface area contributed by atoms with Crippen molar-refractivity contribution in [3.05, 3.63) is 30.3 Å². The van der Waals surface area contributed by atoms with E-state index in [-0.39, 0.29) is 12.7 Å². The molecule has 0 radical (unpaired) electrons. The molecule has 0 saturated carbocycles. The van der Waals surface area contributed by atoms with E-state index in [0.717, 1.165) is 6.04 Å². The lowest BCUT2D eigenvalue weighted by Gasteiger charge is -2.26. The quantitative estimate of drug-likeness (QED) is 0.358. The number of anilines is 1. The fourth-order valence-electron chi connectivity index (χ4n) is 3.22. The molecule has 1 atom stereocenters. The molecular formula is C23H31NO6Si. The molecule has 8 heteroatoms. The second-order valence-electron chi connectivity index (χ2n) is 8.61. The molecule has 0 unspecified atom stereocenters. The summed E-state index contributed by atoms with van der Waals surface area (Å²) in [6, 6.07) is 10.1. The van der Waals surface area contributed by atoms with Crippen LogP contribution in [0.5, 0.6) is 23.0 Å². The van der Waals surface area contributed by atoms with Gasteiger partial charge in [0.25, 0.3) is 5.91 Å². The van der Waals surface area contributed by atoms with Crippen LogP contribution in [0.2, 0.25) is 25.7 Å². The first-order valence-electron chi connectivity index (χ1n) is 10.3. The third-order valence-corrected chi connectivity index (χ3v) is 6.70. The van der Waals surface area contributed by atoms with Crippen LogP contribution < -0.4 is 24.3 Å². The van der Waals surface area contributed by atoms with E-state index in [1.807, 2.05) is 18.2 Å². The van der Waals surface area contributed by atoms with Crippen LogP contribution in [0.1, 0.15) is 6.92 Å². The third-order valence-electron chi connectivity index (χ3n) is 4.99. The van der Waals surface area contributed by atoms with Crippen LogP contribution in [0.25, 0.3) is 11.1 Å². The summed E-state index contributed by atoms with van der Waals surface area (Å²) in [5.74, 6) is 1.96. The second-order valence-corrected chi connectivity index (χ2v) is 14.2.